The Morgan fingerprint density at radius 3 is 2.56 bits per heavy atom. The molecule has 2 aromatic carbocycles. The molecule has 1 N–H and O–H groups in total. The Bertz CT molecular complexity index is 1240. The Morgan fingerprint density at radius 1 is 1.06 bits per heavy atom. The molecule has 160 valence electrons. The minimum Gasteiger partial charge on any atom is -0.507 e. The van der Waals surface area contributed by atoms with Gasteiger partial charge in [0.15, 0.2) is 11.5 Å². The molecule has 1 saturated heterocycles. The van der Waals surface area contributed by atoms with Gasteiger partial charge in [-0.1, -0.05) is 6.07 Å². The molecule has 1 fully saturated rings. The average molecular weight is 430 g/mol. The minimum absolute atomic E-state index is 0.0524. The number of nitrogens with zero attached hydrogens (tertiary/aromatic N) is 2. The fraction of sp³-hybridized carbons (Fsp3) is 0.125. The molecule has 1 unspecified atom stereocenters. The summed E-state index contributed by atoms with van der Waals surface area (Å²) in [6.07, 6.45) is 1.57. The molecule has 0 bridgehead atoms. The molecule has 0 spiro atoms. The zero-order valence-electron chi connectivity index (χ0n) is 17.0. The van der Waals surface area contributed by atoms with Crippen LogP contribution >= 0.6 is 0 Å². The first kappa shape index (κ1) is 19.6. The van der Waals surface area contributed by atoms with Crippen LogP contribution in [-0.4, -0.2) is 35.7 Å². The number of ether oxygens (including phenoxy) is 3. The van der Waals surface area contributed by atoms with E-state index < -0.39 is 17.7 Å². The largest absolute Gasteiger partial charge is 0.507 e. The number of amides is 1. The number of rotatable bonds is 4. The van der Waals surface area contributed by atoms with Gasteiger partial charge >= 0.3 is 0 Å². The molecule has 3 heterocycles. The predicted molar refractivity (Wildman–Crippen MR) is 115 cm³/mol. The second kappa shape index (κ2) is 7.73. The van der Waals surface area contributed by atoms with E-state index in [2.05, 4.69) is 4.98 Å². The van der Waals surface area contributed by atoms with Crippen LogP contribution in [0.15, 0.2) is 72.4 Å². The number of aromatic nitrogens is 1. The third kappa shape index (κ3) is 3.13. The highest BCUT2D eigenvalue weighted by Crippen LogP contribution is 2.43. The molecule has 1 amide bonds. The Hall–Kier alpha value is -4.33. The highest BCUT2D eigenvalue weighted by atomic mass is 16.7. The Balaban J connectivity index is 1.67. The summed E-state index contributed by atoms with van der Waals surface area (Å²) in [7, 11) is 1.54. The summed E-state index contributed by atoms with van der Waals surface area (Å²) < 4.78 is 15.9. The number of carbonyl (C=O) groups excluding carboxylic acids is 2. The summed E-state index contributed by atoms with van der Waals surface area (Å²) in [6, 6.07) is 15.9. The van der Waals surface area contributed by atoms with Gasteiger partial charge in [-0.3, -0.25) is 19.5 Å². The van der Waals surface area contributed by atoms with Gasteiger partial charge in [-0.25, -0.2) is 0 Å². The first-order valence-corrected chi connectivity index (χ1v) is 9.84. The lowest BCUT2D eigenvalue weighted by atomic mass is 9.98. The molecular formula is C24H18N2O6. The highest BCUT2D eigenvalue weighted by Gasteiger charge is 2.47. The smallest absolute Gasteiger partial charge is 0.300 e. The van der Waals surface area contributed by atoms with Crippen molar-refractivity contribution in [3.63, 3.8) is 0 Å². The average Bonchev–Trinajstić information content (AvgIpc) is 3.41. The number of hydrogen-bond donors (Lipinski definition) is 1. The first-order valence-electron chi connectivity index (χ1n) is 9.84. The number of anilines is 1. The lowest BCUT2D eigenvalue weighted by Gasteiger charge is -2.24. The third-order valence-electron chi connectivity index (χ3n) is 5.41. The van der Waals surface area contributed by atoms with Crippen molar-refractivity contribution in [2.75, 3.05) is 18.8 Å². The predicted octanol–water partition coefficient (Wildman–Crippen LogP) is 3.45. The number of carbonyl (C=O) groups is 2. The topological polar surface area (TPSA) is 98.2 Å². The van der Waals surface area contributed by atoms with Crippen LogP contribution in [0.4, 0.5) is 5.69 Å². The van der Waals surface area contributed by atoms with Crippen molar-refractivity contribution in [3.8, 4) is 17.2 Å². The van der Waals surface area contributed by atoms with Crippen molar-refractivity contribution in [1.82, 2.24) is 4.98 Å². The number of benzene rings is 2. The van der Waals surface area contributed by atoms with Gasteiger partial charge in [0.25, 0.3) is 11.7 Å². The van der Waals surface area contributed by atoms with Gasteiger partial charge < -0.3 is 19.3 Å². The van der Waals surface area contributed by atoms with E-state index in [1.165, 1.54) is 4.90 Å². The van der Waals surface area contributed by atoms with E-state index >= 15 is 0 Å². The zero-order valence-corrected chi connectivity index (χ0v) is 17.0. The molecule has 8 heteroatoms. The van der Waals surface area contributed by atoms with Crippen LogP contribution in [-0.2, 0) is 9.59 Å². The van der Waals surface area contributed by atoms with E-state index in [1.807, 2.05) is 0 Å². The summed E-state index contributed by atoms with van der Waals surface area (Å²) in [5, 5.41) is 11.2. The molecule has 3 aromatic rings. The number of Topliss-reactive ketones (excluding diaryl/α,β-unsaturated/α-hetero) is 1. The molecule has 2 aliphatic heterocycles. The molecule has 0 aliphatic carbocycles. The van der Waals surface area contributed by atoms with Gasteiger partial charge in [0.2, 0.25) is 6.79 Å². The molecular weight excluding hydrogens is 412 g/mol. The van der Waals surface area contributed by atoms with E-state index in [9.17, 15) is 14.7 Å². The Labute approximate surface area is 183 Å². The molecule has 1 aromatic heterocycles. The number of ketones is 1. The number of pyridine rings is 1. The van der Waals surface area contributed by atoms with Gasteiger partial charge in [-0.15, -0.1) is 0 Å². The van der Waals surface area contributed by atoms with Gasteiger partial charge in [-0.2, -0.15) is 0 Å². The monoisotopic (exact) mass is 430 g/mol. The second-order valence-electron chi connectivity index (χ2n) is 7.19. The highest BCUT2D eigenvalue weighted by molar-refractivity contribution is 6.51. The lowest BCUT2D eigenvalue weighted by molar-refractivity contribution is -0.132. The number of aliphatic hydroxyl groups excluding tert-OH is 1. The van der Waals surface area contributed by atoms with Crippen molar-refractivity contribution in [1.29, 1.82) is 0 Å². The van der Waals surface area contributed by atoms with Crippen LogP contribution in [0.5, 0.6) is 17.2 Å². The van der Waals surface area contributed by atoms with Crippen molar-refractivity contribution < 1.29 is 28.9 Å². The summed E-state index contributed by atoms with van der Waals surface area (Å²) >= 11 is 0. The van der Waals surface area contributed by atoms with E-state index in [0.717, 1.165) is 0 Å². The normalized spacial score (nSPS) is 18.8. The molecule has 2 aliphatic rings. The van der Waals surface area contributed by atoms with Crippen molar-refractivity contribution in [2.45, 2.75) is 6.04 Å². The standard InChI is InChI=1S/C24H18N2O6/c1-30-16-8-6-15(7-9-16)26-21(17-4-2-3-11-25-17)20(23(28)24(26)29)22(27)14-5-10-18-19(12-14)32-13-31-18/h2-12,21,27H,13H2,1H3/b22-20-. The fourth-order valence-electron chi connectivity index (χ4n) is 3.86. The second-order valence-corrected chi connectivity index (χ2v) is 7.19. The number of methoxy groups -OCH3 is 1. The SMILES string of the molecule is COc1ccc(N2C(=O)C(=O)/C(=C(\O)c3ccc4c(c3)OCO4)C2c2ccccn2)cc1. The van der Waals surface area contributed by atoms with Crippen LogP contribution in [0.25, 0.3) is 5.76 Å². The number of hydrogen-bond acceptors (Lipinski definition) is 7. The van der Waals surface area contributed by atoms with Gasteiger partial charge in [0, 0.05) is 17.4 Å². The van der Waals surface area contributed by atoms with Gasteiger partial charge in [0.05, 0.1) is 18.4 Å². The fourth-order valence-corrected chi connectivity index (χ4v) is 3.86. The van der Waals surface area contributed by atoms with E-state index in [1.54, 1.807) is 74.0 Å². The van der Waals surface area contributed by atoms with Crippen LogP contribution in [0, 0.1) is 0 Å². The minimum atomic E-state index is -0.907. The van der Waals surface area contributed by atoms with Crippen LogP contribution < -0.4 is 19.1 Å². The quantitative estimate of drug-likeness (QED) is 0.385. The van der Waals surface area contributed by atoms with Crippen molar-refractivity contribution >= 4 is 23.1 Å². The Kier molecular flexibility index (Phi) is 4.74. The maximum absolute atomic E-state index is 13.1. The van der Waals surface area contributed by atoms with E-state index in [4.69, 9.17) is 14.2 Å². The maximum atomic E-state index is 13.1. The Morgan fingerprint density at radius 2 is 1.84 bits per heavy atom. The first-order chi connectivity index (χ1) is 15.6. The summed E-state index contributed by atoms with van der Waals surface area (Å²) in [5.41, 5.74) is 1.21. The number of aliphatic hydroxyl groups is 1. The molecule has 5 rings (SSSR count). The molecule has 0 radical (unpaired) electrons. The summed E-state index contributed by atoms with van der Waals surface area (Å²) in [5.74, 6) is -0.262. The molecule has 8 nitrogen and oxygen atoms in total. The zero-order chi connectivity index (χ0) is 22.2. The summed E-state index contributed by atoms with van der Waals surface area (Å²) in [6.45, 7) is 0.0787. The van der Waals surface area contributed by atoms with Crippen molar-refractivity contribution in [3.05, 3.63) is 83.7 Å². The maximum Gasteiger partial charge on any atom is 0.300 e. The van der Waals surface area contributed by atoms with Crippen molar-refractivity contribution in [2.24, 2.45) is 0 Å². The van der Waals surface area contributed by atoms with E-state index in [0.29, 0.717) is 34.2 Å². The van der Waals surface area contributed by atoms with Crippen LogP contribution in [0.2, 0.25) is 0 Å². The third-order valence-corrected chi connectivity index (χ3v) is 5.41. The molecule has 1 atom stereocenters. The lowest BCUT2D eigenvalue weighted by Crippen LogP contribution is -2.29. The summed E-state index contributed by atoms with van der Waals surface area (Å²) in [4.78, 5) is 31.9. The van der Waals surface area contributed by atoms with Crippen LogP contribution in [0.3, 0.4) is 0 Å². The number of fused-ring (bicyclic) bond motifs is 1. The van der Waals surface area contributed by atoms with Gasteiger partial charge in [0.1, 0.15) is 17.6 Å². The van der Waals surface area contributed by atoms with Gasteiger partial charge in [-0.05, 0) is 54.6 Å². The van der Waals surface area contributed by atoms with Crippen LogP contribution in [0.1, 0.15) is 17.3 Å². The molecule has 0 saturated carbocycles. The van der Waals surface area contributed by atoms with E-state index in [-0.39, 0.29) is 18.1 Å². The molecule has 32 heavy (non-hydrogen) atoms.